The summed E-state index contributed by atoms with van der Waals surface area (Å²) in [5, 5.41) is 8.26. The fourth-order valence-electron chi connectivity index (χ4n) is 3.51. The molecule has 1 fully saturated rings. The third-order valence-corrected chi connectivity index (χ3v) is 4.76. The smallest absolute Gasteiger partial charge is 0.226 e. The average molecular weight is 300 g/mol. The molecule has 118 valence electrons. The average Bonchev–Trinajstić information content (AvgIpc) is 2.85. The number of fused-ring (bicyclic) bond motifs is 1. The highest BCUT2D eigenvalue weighted by Gasteiger charge is 2.23. The molecule has 1 aliphatic rings. The van der Waals surface area contributed by atoms with Crippen molar-refractivity contribution in [2.75, 3.05) is 0 Å². The standard InChI is InChI=1S/C18H24N2O2/c1-11-8-13(3)18-14(9-11)16(20-22-18)10-17(21)19-15-7-5-4-6-12(15)2/h8-9,12,15H,4-7,10H2,1-3H3,(H,19,21). The highest BCUT2D eigenvalue weighted by Crippen LogP contribution is 2.25. The van der Waals surface area contributed by atoms with Crippen molar-refractivity contribution in [3.8, 4) is 0 Å². The van der Waals surface area contributed by atoms with Gasteiger partial charge in [-0.2, -0.15) is 0 Å². The molecule has 0 bridgehead atoms. The van der Waals surface area contributed by atoms with Crippen LogP contribution in [0.25, 0.3) is 11.0 Å². The number of benzene rings is 1. The Morgan fingerprint density at radius 1 is 1.32 bits per heavy atom. The third kappa shape index (κ3) is 3.01. The minimum absolute atomic E-state index is 0.0492. The van der Waals surface area contributed by atoms with Gasteiger partial charge in [-0.05, 0) is 49.8 Å². The van der Waals surface area contributed by atoms with E-state index < -0.39 is 0 Å². The lowest BCUT2D eigenvalue weighted by atomic mass is 9.86. The monoisotopic (exact) mass is 300 g/mol. The Morgan fingerprint density at radius 2 is 2.09 bits per heavy atom. The van der Waals surface area contributed by atoms with Crippen LogP contribution in [0.3, 0.4) is 0 Å². The van der Waals surface area contributed by atoms with E-state index in [0.717, 1.165) is 34.2 Å². The summed E-state index contributed by atoms with van der Waals surface area (Å²) in [6.45, 7) is 6.28. The quantitative estimate of drug-likeness (QED) is 0.940. The Morgan fingerprint density at radius 3 is 2.86 bits per heavy atom. The van der Waals surface area contributed by atoms with Gasteiger partial charge in [0.2, 0.25) is 5.91 Å². The number of carbonyl (C=O) groups excluding carboxylic acids is 1. The lowest BCUT2D eigenvalue weighted by molar-refractivity contribution is -0.121. The molecule has 1 saturated carbocycles. The minimum Gasteiger partial charge on any atom is -0.356 e. The number of aromatic nitrogens is 1. The molecule has 1 N–H and O–H groups in total. The first-order chi connectivity index (χ1) is 10.5. The zero-order valence-corrected chi connectivity index (χ0v) is 13.6. The second kappa shape index (κ2) is 6.11. The number of rotatable bonds is 3. The molecule has 22 heavy (non-hydrogen) atoms. The van der Waals surface area contributed by atoms with Crippen molar-refractivity contribution in [2.24, 2.45) is 5.92 Å². The van der Waals surface area contributed by atoms with Crippen LogP contribution < -0.4 is 5.32 Å². The number of aryl methyl sites for hydroxylation is 2. The largest absolute Gasteiger partial charge is 0.356 e. The minimum atomic E-state index is 0.0492. The topological polar surface area (TPSA) is 55.1 Å². The summed E-state index contributed by atoms with van der Waals surface area (Å²) in [4.78, 5) is 12.3. The van der Waals surface area contributed by atoms with Gasteiger partial charge in [-0.3, -0.25) is 4.79 Å². The van der Waals surface area contributed by atoms with Gasteiger partial charge in [0.1, 0.15) is 5.69 Å². The van der Waals surface area contributed by atoms with Crippen molar-refractivity contribution in [1.29, 1.82) is 0 Å². The maximum absolute atomic E-state index is 12.3. The molecule has 0 saturated heterocycles. The summed E-state index contributed by atoms with van der Waals surface area (Å²) in [7, 11) is 0. The van der Waals surface area contributed by atoms with Crippen LogP contribution >= 0.6 is 0 Å². The second-order valence-corrected chi connectivity index (χ2v) is 6.70. The van der Waals surface area contributed by atoms with E-state index in [1.54, 1.807) is 0 Å². The number of hydrogen-bond acceptors (Lipinski definition) is 3. The Kier molecular flexibility index (Phi) is 4.19. The summed E-state index contributed by atoms with van der Waals surface area (Å²) in [6, 6.07) is 4.43. The molecule has 2 aromatic rings. The molecule has 3 rings (SSSR count). The number of nitrogens with one attached hydrogen (secondary N) is 1. The van der Waals surface area contributed by atoms with Crippen molar-refractivity contribution >= 4 is 16.9 Å². The molecule has 0 radical (unpaired) electrons. The van der Waals surface area contributed by atoms with Gasteiger partial charge in [-0.15, -0.1) is 0 Å². The van der Waals surface area contributed by atoms with Crippen LogP contribution in [0, 0.1) is 19.8 Å². The lowest BCUT2D eigenvalue weighted by Gasteiger charge is -2.29. The first kappa shape index (κ1) is 15.1. The molecule has 4 nitrogen and oxygen atoms in total. The van der Waals surface area contributed by atoms with Crippen LogP contribution in [-0.4, -0.2) is 17.1 Å². The van der Waals surface area contributed by atoms with Crippen LogP contribution in [0.1, 0.15) is 49.4 Å². The van der Waals surface area contributed by atoms with Gasteiger partial charge in [0.15, 0.2) is 5.58 Å². The Balaban J connectivity index is 1.74. The molecule has 1 heterocycles. The summed E-state index contributed by atoms with van der Waals surface area (Å²) >= 11 is 0. The summed E-state index contributed by atoms with van der Waals surface area (Å²) in [6.07, 6.45) is 5.07. The van der Waals surface area contributed by atoms with Crippen molar-refractivity contribution in [3.63, 3.8) is 0 Å². The number of nitrogens with zero attached hydrogens (tertiary/aromatic N) is 1. The van der Waals surface area contributed by atoms with E-state index in [0.29, 0.717) is 18.4 Å². The molecule has 0 aliphatic heterocycles. The van der Waals surface area contributed by atoms with Gasteiger partial charge in [-0.1, -0.05) is 31.0 Å². The van der Waals surface area contributed by atoms with Crippen LogP contribution in [0.4, 0.5) is 0 Å². The van der Waals surface area contributed by atoms with E-state index >= 15 is 0 Å². The predicted octanol–water partition coefficient (Wildman–Crippen LogP) is 3.68. The maximum Gasteiger partial charge on any atom is 0.226 e. The van der Waals surface area contributed by atoms with Crippen molar-refractivity contribution in [2.45, 2.75) is 58.9 Å². The van der Waals surface area contributed by atoms with E-state index in [1.165, 1.54) is 19.3 Å². The highest BCUT2D eigenvalue weighted by molar-refractivity contribution is 5.88. The SMILES string of the molecule is Cc1cc(C)c2onc(CC(=O)NC3CCCCC3C)c2c1. The van der Waals surface area contributed by atoms with Crippen LogP contribution in [0.2, 0.25) is 0 Å². The van der Waals surface area contributed by atoms with Gasteiger partial charge < -0.3 is 9.84 Å². The molecule has 1 aromatic carbocycles. The number of amides is 1. The van der Waals surface area contributed by atoms with Gasteiger partial charge in [-0.25, -0.2) is 0 Å². The molecular weight excluding hydrogens is 276 g/mol. The normalized spacial score (nSPS) is 22.0. The van der Waals surface area contributed by atoms with E-state index in [4.69, 9.17) is 4.52 Å². The van der Waals surface area contributed by atoms with E-state index in [-0.39, 0.29) is 5.91 Å². The number of carbonyl (C=O) groups is 1. The van der Waals surface area contributed by atoms with Crippen molar-refractivity contribution < 1.29 is 9.32 Å². The van der Waals surface area contributed by atoms with Crippen LogP contribution in [-0.2, 0) is 11.2 Å². The van der Waals surface area contributed by atoms with Gasteiger partial charge in [0.25, 0.3) is 0 Å². The molecule has 1 amide bonds. The first-order valence-electron chi connectivity index (χ1n) is 8.19. The molecule has 0 spiro atoms. The van der Waals surface area contributed by atoms with Crippen molar-refractivity contribution in [1.82, 2.24) is 10.5 Å². The van der Waals surface area contributed by atoms with E-state index in [2.05, 4.69) is 23.5 Å². The van der Waals surface area contributed by atoms with Gasteiger partial charge in [0.05, 0.1) is 6.42 Å². The predicted molar refractivity (Wildman–Crippen MR) is 86.7 cm³/mol. The zero-order chi connectivity index (χ0) is 15.7. The first-order valence-corrected chi connectivity index (χ1v) is 8.19. The summed E-state index contributed by atoms with van der Waals surface area (Å²) in [5.41, 5.74) is 3.76. The Hall–Kier alpha value is -1.84. The van der Waals surface area contributed by atoms with Gasteiger partial charge >= 0.3 is 0 Å². The highest BCUT2D eigenvalue weighted by atomic mass is 16.5. The zero-order valence-electron chi connectivity index (χ0n) is 13.6. The molecule has 1 aromatic heterocycles. The van der Waals surface area contributed by atoms with Crippen molar-refractivity contribution in [3.05, 3.63) is 29.0 Å². The fraction of sp³-hybridized carbons (Fsp3) is 0.556. The molecule has 4 heteroatoms. The molecular formula is C18H24N2O2. The van der Waals surface area contributed by atoms with Gasteiger partial charge in [0, 0.05) is 11.4 Å². The van der Waals surface area contributed by atoms with Crippen LogP contribution in [0.5, 0.6) is 0 Å². The fourth-order valence-corrected chi connectivity index (χ4v) is 3.51. The van der Waals surface area contributed by atoms with E-state index in [9.17, 15) is 4.79 Å². The molecule has 2 atom stereocenters. The Labute approximate surface area is 131 Å². The third-order valence-electron chi connectivity index (χ3n) is 4.76. The lowest BCUT2D eigenvalue weighted by Crippen LogP contribution is -2.41. The molecule has 2 unspecified atom stereocenters. The Bertz CT molecular complexity index is 690. The van der Waals surface area contributed by atoms with E-state index in [1.807, 2.05) is 19.9 Å². The summed E-state index contributed by atoms with van der Waals surface area (Å²) in [5.74, 6) is 0.615. The molecule has 1 aliphatic carbocycles. The number of hydrogen-bond donors (Lipinski definition) is 1. The van der Waals surface area contributed by atoms with Crippen LogP contribution in [0.15, 0.2) is 16.7 Å². The summed E-state index contributed by atoms with van der Waals surface area (Å²) < 4.78 is 5.42. The second-order valence-electron chi connectivity index (χ2n) is 6.70. The maximum atomic E-state index is 12.3.